The van der Waals surface area contributed by atoms with E-state index < -0.39 is 6.04 Å². The number of nitrogens with two attached hydrogens (primary N) is 1. The monoisotopic (exact) mass is 332 g/mol. The Hall–Kier alpha value is -1.33. The Bertz CT molecular complexity index is 460. The van der Waals surface area contributed by atoms with Crippen LogP contribution in [0.15, 0.2) is 24.3 Å². The summed E-state index contributed by atoms with van der Waals surface area (Å²) in [6, 6.07) is 5.46. The van der Waals surface area contributed by atoms with Crippen LogP contribution < -0.4 is 15.8 Å². The Morgan fingerprint density at radius 2 is 2.05 bits per heavy atom. The molecule has 0 radical (unpaired) electrons. The summed E-state index contributed by atoms with van der Waals surface area (Å²) < 4.78 is 18.8. The molecule has 126 valence electrons. The number of rotatable bonds is 8. The van der Waals surface area contributed by atoms with Gasteiger partial charge >= 0.3 is 0 Å². The molecular weight excluding hydrogens is 307 g/mol. The van der Waals surface area contributed by atoms with E-state index >= 15 is 0 Å². The van der Waals surface area contributed by atoms with Crippen molar-refractivity contribution >= 4 is 18.3 Å². The summed E-state index contributed by atoms with van der Waals surface area (Å²) in [5.74, 6) is 0.0763. The lowest BCUT2D eigenvalue weighted by Gasteiger charge is -2.21. The van der Waals surface area contributed by atoms with Crippen LogP contribution in [0.4, 0.5) is 4.39 Å². The normalized spacial score (nSPS) is 14.4. The van der Waals surface area contributed by atoms with Gasteiger partial charge < -0.3 is 15.8 Å². The van der Waals surface area contributed by atoms with Crippen LogP contribution in [0.1, 0.15) is 33.6 Å². The van der Waals surface area contributed by atoms with Gasteiger partial charge in [-0.25, -0.2) is 4.39 Å². The average molecular weight is 333 g/mol. The van der Waals surface area contributed by atoms with Crippen molar-refractivity contribution in [3.8, 4) is 5.75 Å². The van der Waals surface area contributed by atoms with E-state index in [2.05, 4.69) is 5.32 Å². The maximum atomic E-state index is 13.1. The predicted molar refractivity (Wildman–Crippen MR) is 88.8 cm³/mol. The average Bonchev–Trinajstić information content (AvgIpc) is 2.49. The second-order valence-corrected chi connectivity index (χ2v) is 5.26. The molecule has 0 bridgehead atoms. The molecule has 4 nitrogen and oxygen atoms in total. The van der Waals surface area contributed by atoms with Crippen molar-refractivity contribution < 1.29 is 13.9 Å². The highest BCUT2D eigenvalue weighted by Gasteiger charge is 2.20. The molecular formula is C16H26ClFN2O2. The van der Waals surface area contributed by atoms with E-state index in [0.717, 1.165) is 6.42 Å². The molecule has 6 heteroatoms. The van der Waals surface area contributed by atoms with E-state index in [9.17, 15) is 9.18 Å². The minimum absolute atomic E-state index is 0. The number of carbonyl (C=O) groups excluding carboxylic acids is 1. The van der Waals surface area contributed by atoms with Gasteiger partial charge in [-0.15, -0.1) is 12.4 Å². The van der Waals surface area contributed by atoms with Gasteiger partial charge in [0.2, 0.25) is 5.91 Å². The molecule has 0 heterocycles. The van der Waals surface area contributed by atoms with Gasteiger partial charge in [-0.2, -0.15) is 0 Å². The highest BCUT2D eigenvalue weighted by atomic mass is 35.5. The van der Waals surface area contributed by atoms with Crippen molar-refractivity contribution in [1.82, 2.24) is 5.32 Å². The Kier molecular flexibility index (Phi) is 9.78. The fraction of sp³-hybridized carbons (Fsp3) is 0.562. The second kappa shape index (κ2) is 10.4. The van der Waals surface area contributed by atoms with Gasteiger partial charge in [0.25, 0.3) is 0 Å². The number of ether oxygens (including phenoxy) is 1. The smallest absolute Gasteiger partial charge is 0.237 e. The van der Waals surface area contributed by atoms with Gasteiger partial charge in [0.15, 0.2) is 0 Å². The van der Waals surface area contributed by atoms with Gasteiger partial charge in [-0.3, -0.25) is 4.79 Å². The molecule has 3 atom stereocenters. The van der Waals surface area contributed by atoms with Crippen LogP contribution >= 0.6 is 12.4 Å². The van der Waals surface area contributed by atoms with Crippen LogP contribution in [0.5, 0.6) is 5.75 Å². The molecule has 0 saturated heterocycles. The van der Waals surface area contributed by atoms with E-state index in [0.29, 0.717) is 18.7 Å². The topological polar surface area (TPSA) is 64.4 Å². The Morgan fingerprint density at radius 3 is 2.59 bits per heavy atom. The third-order valence-electron chi connectivity index (χ3n) is 3.62. The largest absolute Gasteiger partial charge is 0.489 e. The Labute approximate surface area is 138 Å². The maximum Gasteiger partial charge on any atom is 0.237 e. The van der Waals surface area contributed by atoms with Gasteiger partial charge in [-0.05, 0) is 24.5 Å². The van der Waals surface area contributed by atoms with Crippen molar-refractivity contribution in [3.63, 3.8) is 0 Å². The molecule has 22 heavy (non-hydrogen) atoms. The number of hydrogen-bond donors (Lipinski definition) is 2. The highest BCUT2D eigenvalue weighted by molar-refractivity contribution is 5.85. The van der Waals surface area contributed by atoms with Gasteiger partial charge in [0.05, 0.1) is 12.6 Å². The highest BCUT2D eigenvalue weighted by Crippen LogP contribution is 2.15. The molecule has 0 saturated carbocycles. The van der Waals surface area contributed by atoms with Crippen molar-refractivity contribution in [3.05, 3.63) is 30.1 Å². The molecule has 1 aromatic rings. The molecule has 1 aromatic carbocycles. The standard InChI is InChI=1S/C16H25FN2O2.ClH/c1-4-11(3)15(18)16(20)19-10-13(5-2)21-14-8-6-7-12(17)9-14;/h6-9,11,13,15H,4-5,10,18H2,1-3H3,(H,19,20);1H. The molecule has 0 aliphatic rings. The Balaban J connectivity index is 0.00000441. The summed E-state index contributed by atoms with van der Waals surface area (Å²) in [6.07, 6.45) is 1.35. The van der Waals surface area contributed by atoms with Crippen LogP contribution in [-0.2, 0) is 4.79 Å². The molecule has 1 rings (SSSR count). The Morgan fingerprint density at radius 1 is 1.36 bits per heavy atom. The van der Waals surface area contributed by atoms with Crippen molar-refractivity contribution in [2.45, 2.75) is 45.8 Å². The zero-order valence-corrected chi connectivity index (χ0v) is 14.2. The number of nitrogens with one attached hydrogen (secondary N) is 1. The van der Waals surface area contributed by atoms with Gasteiger partial charge in [-0.1, -0.05) is 33.3 Å². The first kappa shape index (κ1) is 20.7. The quantitative estimate of drug-likeness (QED) is 0.769. The predicted octanol–water partition coefficient (Wildman–Crippen LogP) is 2.89. The maximum absolute atomic E-state index is 13.1. The molecule has 0 aromatic heterocycles. The number of hydrogen-bond acceptors (Lipinski definition) is 3. The summed E-state index contributed by atoms with van der Waals surface area (Å²) >= 11 is 0. The van der Waals surface area contributed by atoms with Crippen molar-refractivity contribution in [2.24, 2.45) is 11.7 Å². The summed E-state index contributed by atoms with van der Waals surface area (Å²) in [7, 11) is 0. The third kappa shape index (κ3) is 6.62. The lowest BCUT2D eigenvalue weighted by atomic mass is 9.99. The van der Waals surface area contributed by atoms with Crippen LogP contribution in [-0.4, -0.2) is 24.6 Å². The fourth-order valence-corrected chi connectivity index (χ4v) is 1.85. The SMILES string of the molecule is CCC(CNC(=O)C(N)C(C)CC)Oc1cccc(F)c1.Cl. The van der Waals surface area contributed by atoms with E-state index in [4.69, 9.17) is 10.5 Å². The first-order valence-corrected chi connectivity index (χ1v) is 7.43. The lowest BCUT2D eigenvalue weighted by molar-refractivity contribution is -0.123. The lowest BCUT2D eigenvalue weighted by Crippen LogP contribution is -2.47. The molecule has 1 amide bonds. The van der Waals surface area contributed by atoms with Crippen LogP contribution in [0.3, 0.4) is 0 Å². The first-order valence-electron chi connectivity index (χ1n) is 7.43. The van der Waals surface area contributed by atoms with Crippen molar-refractivity contribution in [1.29, 1.82) is 0 Å². The van der Waals surface area contributed by atoms with E-state index in [1.807, 2.05) is 20.8 Å². The van der Waals surface area contributed by atoms with Gasteiger partial charge in [0.1, 0.15) is 17.7 Å². The minimum Gasteiger partial charge on any atom is -0.489 e. The fourth-order valence-electron chi connectivity index (χ4n) is 1.85. The van der Waals surface area contributed by atoms with Gasteiger partial charge in [0, 0.05) is 6.07 Å². The molecule has 0 aliphatic heterocycles. The van der Waals surface area contributed by atoms with E-state index in [-0.39, 0.29) is 36.2 Å². The molecule has 3 unspecified atom stereocenters. The molecule has 3 N–H and O–H groups in total. The number of carbonyl (C=O) groups is 1. The number of halogens is 2. The zero-order valence-electron chi connectivity index (χ0n) is 13.3. The minimum atomic E-state index is -0.512. The third-order valence-corrected chi connectivity index (χ3v) is 3.62. The summed E-state index contributed by atoms with van der Waals surface area (Å²) in [5, 5.41) is 2.80. The van der Waals surface area contributed by atoms with Crippen LogP contribution in [0, 0.1) is 11.7 Å². The zero-order chi connectivity index (χ0) is 15.8. The van der Waals surface area contributed by atoms with Crippen LogP contribution in [0.25, 0.3) is 0 Å². The van der Waals surface area contributed by atoms with Crippen LogP contribution in [0.2, 0.25) is 0 Å². The second-order valence-electron chi connectivity index (χ2n) is 5.26. The summed E-state index contributed by atoms with van der Waals surface area (Å²) in [6.45, 7) is 6.26. The number of benzene rings is 1. The van der Waals surface area contributed by atoms with E-state index in [1.54, 1.807) is 12.1 Å². The summed E-state index contributed by atoms with van der Waals surface area (Å²) in [4.78, 5) is 11.9. The number of amides is 1. The molecule has 0 aliphatic carbocycles. The molecule has 0 fully saturated rings. The molecule has 0 spiro atoms. The van der Waals surface area contributed by atoms with E-state index in [1.165, 1.54) is 12.1 Å². The summed E-state index contributed by atoms with van der Waals surface area (Å²) in [5.41, 5.74) is 5.87. The first-order chi connectivity index (χ1) is 9.97. The van der Waals surface area contributed by atoms with Crippen molar-refractivity contribution in [2.75, 3.05) is 6.54 Å².